The quantitative estimate of drug-likeness (QED) is 0.128. The fraction of sp³-hybridized carbons (Fsp3) is 0.132. The Labute approximate surface area is 333 Å². The van der Waals surface area contributed by atoms with Crippen LogP contribution < -0.4 is 0 Å². The van der Waals surface area contributed by atoms with Crippen LogP contribution in [-0.2, 0) is 0 Å². The van der Waals surface area contributed by atoms with Crippen molar-refractivity contribution in [1.29, 1.82) is 5.41 Å². The van der Waals surface area contributed by atoms with Crippen LogP contribution in [0.3, 0.4) is 0 Å². The van der Waals surface area contributed by atoms with E-state index in [9.17, 15) is 5.41 Å². The molecule has 4 nitrogen and oxygen atoms in total. The van der Waals surface area contributed by atoms with Crippen LogP contribution in [0.25, 0.3) is 66.8 Å². The monoisotopic (exact) mass is 737 g/mol. The Morgan fingerprint density at radius 1 is 0.719 bits per heavy atom. The molecule has 2 aliphatic rings. The van der Waals surface area contributed by atoms with E-state index >= 15 is 0 Å². The number of furan rings is 1. The van der Waals surface area contributed by atoms with Crippen LogP contribution in [0.2, 0.25) is 0 Å². The molecule has 2 aliphatic carbocycles. The van der Waals surface area contributed by atoms with Gasteiger partial charge in [0.15, 0.2) is 5.84 Å². The predicted octanol–water partition coefficient (Wildman–Crippen LogP) is 14.1. The molecule has 2 unspecified atom stereocenters. The second-order valence-corrected chi connectivity index (χ2v) is 15.9. The first-order valence-electron chi connectivity index (χ1n) is 20.0. The summed E-state index contributed by atoms with van der Waals surface area (Å²) in [6.45, 7) is 4.55. The summed E-state index contributed by atoms with van der Waals surface area (Å²) in [5.41, 5.74) is 12.7. The maximum Gasteiger partial charge on any atom is 0.152 e. The van der Waals surface area contributed by atoms with Crippen molar-refractivity contribution < 1.29 is 4.42 Å². The summed E-state index contributed by atoms with van der Waals surface area (Å²) >= 11 is 0. The molecule has 2 atom stereocenters. The molecule has 0 fully saturated rings. The first-order chi connectivity index (χ1) is 27.9. The van der Waals surface area contributed by atoms with Crippen molar-refractivity contribution in [1.82, 2.24) is 4.57 Å². The highest BCUT2D eigenvalue weighted by Crippen LogP contribution is 2.42. The SMILES string of the molecule is CC1CC=Cc2oc3c(-c4cccc(-c5ccc6c7ccccc7n(-c7cccc(C(=N)N=C(CC8(C)C=CC=CC8)c8ccccc8)c7)c6c5)c4)cccc3c21. The summed E-state index contributed by atoms with van der Waals surface area (Å²) in [7, 11) is 0. The van der Waals surface area contributed by atoms with Crippen LogP contribution in [0.4, 0.5) is 0 Å². The fourth-order valence-corrected chi connectivity index (χ4v) is 8.92. The minimum atomic E-state index is -0.0619. The van der Waals surface area contributed by atoms with Crippen LogP contribution in [0.15, 0.2) is 179 Å². The molecule has 10 rings (SSSR count). The number of para-hydroxylation sites is 2. The van der Waals surface area contributed by atoms with Gasteiger partial charge in [-0.2, -0.15) is 0 Å². The first-order valence-corrected chi connectivity index (χ1v) is 20.0. The minimum absolute atomic E-state index is 0.0619. The Morgan fingerprint density at radius 2 is 1.47 bits per heavy atom. The lowest BCUT2D eigenvalue weighted by Gasteiger charge is -2.27. The molecule has 0 radical (unpaired) electrons. The highest BCUT2D eigenvalue weighted by molar-refractivity contribution is 6.13. The largest absolute Gasteiger partial charge is 0.456 e. The molecule has 57 heavy (non-hydrogen) atoms. The normalized spacial score (nSPS) is 17.8. The topological polar surface area (TPSA) is 54.3 Å². The van der Waals surface area contributed by atoms with E-state index in [1.54, 1.807) is 0 Å². The smallest absolute Gasteiger partial charge is 0.152 e. The molecule has 1 N–H and O–H groups in total. The molecular weight excluding hydrogens is 695 g/mol. The third-order valence-corrected chi connectivity index (χ3v) is 11.8. The van der Waals surface area contributed by atoms with E-state index < -0.39 is 0 Å². The van der Waals surface area contributed by atoms with E-state index in [0.29, 0.717) is 5.92 Å². The number of nitrogens with one attached hydrogen (secondary N) is 1. The summed E-state index contributed by atoms with van der Waals surface area (Å²) in [4.78, 5) is 5.05. The zero-order valence-electron chi connectivity index (χ0n) is 32.2. The van der Waals surface area contributed by atoms with Gasteiger partial charge in [0.2, 0.25) is 0 Å². The predicted molar refractivity (Wildman–Crippen MR) is 239 cm³/mol. The molecule has 2 aromatic heterocycles. The Balaban J connectivity index is 1.05. The van der Waals surface area contributed by atoms with Crippen LogP contribution in [0, 0.1) is 10.8 Å². The van der Waals surface area contributed by atoms with Crippen molar-refractivity contribution in [3.8, 4) is 27.9 Å². The highest BCUT2D eigenvalue weighted by Gasteiger charge is 2.25. The number of amidine groups is 1. The Bertz CT molecular complexity index is 2990. The molecule has 0 aliphatic heterocycles. The molecule has 0 saturated heterocycles. The van der Waals surface area contributed by atoms with Crippen LogP contribution in [0.5, 0.6) is 0 Å². The summed E-state index contributed by atoms with van der Waals surface area (Å²) in [5, 5.41) is 12.9. The fourth-order valence-electron chi connectivity index (χ4n) is 8.92. The zero-order valence-corrected chi connectivity index (χ0v) is 32.2. The van der Waals surface area contributed by atoms with Gasteiger partial charge in [-0.25, -0.2) is 4.99 Å². The number of benzene rings is 6. The van der Waals surface area contributed by atoms with Gasteiger partial charge in [-0.3, -0.25) is 5.41 Å². The van der Waals surface area contributed by atoms with Crippen molar-refractivity contribution >= 4 is 50.4 Å². The molecule has 276 valence electrons. The van der Waals surface area contributed by atoms with Gasteiger partial charge in [0, 0.05) is 38.5 Å². The molecule has 0 spiro atoms. The van der Waals surface area contributed by atoms with Crippen molar-refractivity contribution in [3.63, 3.8) is 0 Å². The van der Waals surface area contributed by atoms with Crippen molar-refractivity contribution in [2.75, 3.05) is 0 Å². The third kappa shape index (κ3) is 6.28. The lowest BCUT2D eigenvalue weighted by atomic mass is 9.78. The number of fused-ring (bicyclic) bond motifs is 6. The van der Waals surface area contributed by atoms with Gasteiger partial charge in [0.05, 0.1) is 16.7 Å². The molecule has 0 bridgehead atoms. The van der Waals surface area contributed by atoms with E-state index in [1.807, 2.05) is 30.3 Å². The maximum absolute atomic E-state index is 9.34. The number of hydrogen-bond donors (Lipinski definition) is 1. The lowest BCUT2D eigenvalue weighted by Crippen LogP contribution is -2.21. The first kappa shape index (κ1) is 34.7. The van der Waals surface area contributed by atoms with Gasteiger partial charge < -0.3 is 8.98 Å². The van der Waals surface area contributed by atoms with Crippen LogP contribution in [0.1, 0.15) is 61.5 Å². The average molecular weight is 738 g/mol. The molecule has 4 heteroatoms. The van der Waals surface area contributed by atoms with Gasteiger partial charge in [-0.05, 0) is 89.3 Å². The number of hydrogen-bond acceptors (Lipinski definition) is 2. The third-order valence-electron chi connectivity index (χ3n) is 11.8. The maximum atomic E-state index is 9.34. The van der Waals surface area contributed by atoms with Gasteiger partial charge in [-0.1, -0.05) is 153 Å². The van der Waals surface area contributed by atoms with Gasteiger partial charge in [0.25, 0.3) is 0 Å². The van der Waals surface area contributed by atoms with E-state index in [2.05, 4.69) is 164 Å². The number of nitrogens with zero attached hydrogens (tertiary/aromatic N) is 2. The molecule has 6 aromatic carbocycles. The van der Waals surface area contributed by atoms with E-state index in [0.717, 1.165) is 86.4 Å². The molecule has 2 heterocycles. The molecule has 0 saturated carbocycles. The number of rotatable bonds is 7. The Hall–Kier alpha value is -6.78. The Kier molecular flexibility index (Phi) is 8.56. The minimum Gasteiger partial charge on any atom is -0.456 e. The summed E-state index contributed by atoms with van der Waals surface area (Å²) in [6, 6.07) is 49.3. The Morgan fingerprint density at radius 3 is 2.35 bits per heavy atom. The van der Waals surface area contributed by atoms with Crippen molar-refractivity contribution in [2.45, 2.75) is 39.0 Å². The van der Waals surface area contributed by atoms with E-state index in [-0.39, 0.29) is 11.3 Å². The van der Waals surface area contributed by atoms with Gasteiger partial charge >= 0.3 is 0 Å². The summed E-state index contributed by atoms with van der Waals surface area (Å²) in [5.74, 6) is 1.67. The van der Waals surface area contributed by atoms with Gasteiger partial charge in [0.1, 0.15) is 11.3 Å². The van der Waals surface area contributed by atoms with E-state index in [4.69, 9.17) is 9.41 Å². The van der Waals surface area contributed by atoms with Crippen molar-refractivity contribution in [3.05, 3.63) is 192 Å². The number of allylic oxidation sites excluding steroid dienone is 5. The second kappa shape index (κ2) is 14.1. The van der Waals surface area contributed by atoms with Crippen LogP contribution >= 0.6 is 0 Å². The standard InChI is InChI=1S/C53H43N3O/c1-35-15-11-26-49-50(35)45-24-14-23-42(51(45)57-49)39-19-12-18-37(31-39)38-27-28-44-43-22-7-8-25-47(43)56(48(44)33-38)41-21-13-20-40(32-41)52(54)55-46(36-16-5-3-6-17-36)34-53(2)29-9-4-10-30-53/h3-14,16-29,31-33,35,54H,15,30,34H2,1-2H3. The van der Waals surface area contributed by atoms with Crippen LogP contribution in [-0.4, -0.2) is 16.1 Å². The zero-order chi connectivity index (χ0) is 38.5. The number of aliphatic imine (C=N–C) groups is 1. The summed E-state index contributed by atoms with van der Waals surface area (Å²) < 4.78 is 8.87. The number of aromatic nitrogens is 1. The molecular formula is C53H43N3O. The second-order valence-electron chi connectivity index (χ2n) is 15.9. The average Bonchev–Trinajstić information content (AvgIpc) is 3.80. The highest BCUT2D eigenvalue weighted by atomic mass is 16.3. The molecule has 8 aromatic rings. The van der Waals surface area contributed by atoms with Gasteiger partial charge in [-0.15, -0.1) is 0 Å². The van der Waals surface area contributed by atoms with Crippen molar-refractivity contribution in [2.24, 2.45) is 10.4 Å². The summed E-state index contributed by atoms with van der Waals surface area (Å²) in [6.07, 6.45) is 15.8. The van der Waals surface area contributed by atoms with E-state index in [1.165, 1.54) is 21.7 Å². The molecule has 0 amide bonds. The lowest BCUT2D eigenvalue weighted by molar-refractivity contribution is 0.450.